The number of morpholine rings is 2. The number of nitrogens with one attached hydrogen (secondary N) is 2. The lowest BCUT2D eigenvalue weighted by Crippen LogP contribution is -2.54. The maximum absolute atomic E-state index is 12.2. The van der Waals surface area contributed by atoms with Crippen molar-refractivity contribution in [3.8, 4) is 0 Å². The van der Waals surface area contributed by atoms with Crippen molar-refractivity contribution in [2.75, 3.05) is 138 Å². The number of carbonyl (C=O) groups excluding carboxylic acids is 5. The fraction of sp³-hybridized carbons (Fsp3) is 0.853. The van der Waals surface area contributed by atoms with E-state index in [1.165, 1.54) is 9.80 Å². The Hall–Kier alpha value is -3.25. The van der Waals surface area contributed by atoms with Crippen LogP contribution >= 0.6 is 0 Å². The minimum atomic E-state index is -0.534. The van der Waals surface area contributed by atoms with Crippen LogP contribution in [0, 0.1) is 0 Å². The highest BCUT2D eigenvalue weighted by molar-refractivity contribution is 5.84. The Morgan fingerprint density at radius 2 is 1.10 bits per heavy atom. The molecule has 0 aromatic heterocycles. The van der Waals surface area contributed by atoms with Crippen molar-refractivity contribution < 1.29 is 42.9 Å². The van der Waals surface area contributed by atoms with E-state index in [1.807, 2.05) is 30.6 Å². The summed E-state index contributed by atoms with van der Waals surface area (Å²) in [6.07, 6.45) is -0.832. The van der Waals surface area contributed by atoms with Crippen molar-refractivity contribution in [2.24, 2.45) is 0 Å². The average Bonchev–Trinajstić information content (AvgIpc) is 3.07. The third-order valence-electron chi connectivity index (χ3n) is 8.43. The maximum Gasteiger partial charge on any atom is 0.410 e. The molecule has 0 aromatic rings. The first-order chi connectivity index (χ1) is 24.1. The van der Waals surface area contributed by atoms with Crippen LogP contribution in [-0.4, -0.2) is 208 Å². The summed E-state index contributed by atoms with van der Waals surface area (Å²) >= 11 is 0. The summed E-state index contributed by atoms with van der Waals surface area (Å²) in [5.41, 5.74) is -1.04. The van der Waals surface area contributed by atoms with Crippen LogP contribution < -0.4 is 10.6 Å². The molecule has 5 aliphatic heterocycles. The molecule has 0 spiro atoms. The molecule has 2 N–H and O–H groups in total. The second kappa shape index (κ2) is 20.7. The molecule has 5 aliphatic rings. The van der Waals surface area contributed by atoms with Gasteiger partial charge in [0.2, 0.25) is 17.7 Å². The van der Waals surface area contributed by atoms with E-state index in [0.29, 0.717) is 39.3 Å². The van der Waals surface area contributed by atoms with Crippen LogP contribution in [-0.2, 0) is 33.3 Å². The van der Waals surface area contributed by atoms with Crippen LogP contribution in [0.5, 0.6) is 0 Å². The van der Waals surface area contributed by atoms with Gasteiger partial charge in [-0.05, 0) is 41.5 Å². The van der Waals surface area contributed by atoms with Gasteiger partial charge in [0.15, 0.2) is 0 Å². The lowest BCUT2D eigenvalue weighted by atomic mass is 10.2. The van der Waals surface area contributed by atoms with E-state index >= 15 is 0 Å². The number of amides is 5. The SMILES string of the molecule is CC(C)(C)OC(=O)N1CCN(CCN2CCOCC2)C(=O)C1.CC(C)(C)OC(=O)N1CCNC(=O)C1.O=C1CNCCN1CCN1CCOCC1. The van der Waals surface area contributed by atoms with E-state index in [9.17, 15) is 24.0 Å². The van der Waals surface area contributed by atoms with Crippen LogP contribution in [0.25, 0.3) is 0 Å². The highest BCUT2D eigenvalue weighted by Crippen LogP contribution is 2.13. The summed E-state index contributed by atoms with van der Waals surface area (Å²) < 4.78 is 21.0. The lowest BCUT2D eigenvalue weighted by molar-refractivity contribution is -0.136. The molecule has 5 heterocycles. The quantitative estimate of drug-likeness (QED) is 0.361. The van der Waals surface area contributed by atoms with E-state index in [2.05, 4.69) is 20.4 Å². The minimum absolute atomic E-state index is 0.00892. The zero-order valence-electron chi connectivity index (χ0n) is 31.7. The molecular weight excluding hydrogens is 664 g/mol. The van der Waals surface area contributed by atoms with Gasteiger partial charge in [0.05, 0.1) is 33.0 Å². The van der Waals surface area contributed by atoms with Crippen LogP contribution in [0.2, 0.25) is 0 Å². The zero-order valence-corrected chi connectivity index (χ0v) is 31.7. The molecule has 17 heteroatoms. The van der Waals surface area contributed by atoms with E-state index in [4.69, 9.17) is 18.9 Å². The molecule has 0 aromatic carbocycles. The number of rotatable bonds is 6. The number of ether oxygens (including phenoxy) is 4. The zero-order chi connectivity index (χ0) is 37.4. The Balaban J connectivity index is 0.000000214. The van der Waals surface area contributed by atoms with Crippen molar-refractivity contribution in [1.29, 1.82) is 0 Å². The van der Waals surface area contributed by atoms with Gasteiger partial charge in [0.1, 0.15) is 24.3 Å². The predicted molar refractivity (Wildman–Crippen MR) is 189 cm³/mol. The summed E-state index contributed by atoms with van der Waals surface area (Å²) in [5.74, 6) is 0.0852. The molecular formula is C34H62N8O9. The average molecular weight is 727 g/mol. The third kappa shape index (κ3) is 16.8. The Morgan fingerprint density at radius 1 is 0.608 bits per heavy atom. The van der Waals surface area contributed by atoms with Gasteiger partial charge in [-0.2, -0.15) is 0 Å². The topological polar surface area (TPSA) is 166 Å². The van der Waals surface area contributed by atoms with Gasteiger partial charge in [0.25, 0.3) is 0 Å². The number of hydrogen-bond donors (Lipinski definition) is 2. The lowest BCUT2D eigenvalue weighted by Gasteiger charge is -2.36. The van der Waals surface area contributed by atoms with Crippen molar-refractivity contribution in [3.05, 3.63) is 0 Å². The van der Waals surface area contributed by atoms with Crippen LogP contribution in [0.15, 0.2) is 0 Å². The fourth-order valence-electron chi connectivity index (χ4n) is 5.60. The second-order valence-corrected chi connectivity index (χ2v) is 15.0. The van der Waals surface area contributed by atoms with Gasteiger partial charge in [-0.1, -0.05) is 0 Å². The Bertz CT molecular complexity index is 1130. The Morgan fingerprint density at radius 3 is 1.55 bits per heavy atom. The number of carbonyl (C=O) groups is 5. The fourth-order valence-corrected chi connectivity index (χ4v) is 5.60. The Labute approximate surface area is 303 Å². The summed E-state index contributed by atoms with van der Waals surface area (Å²) in [4.78, 5) is 69.5. The first-order valence-corrected chi connectivity index (χ1v) is 18.2. The van der Waals surface area contributed by atoms with E-state index in [1.54, 1.807) is 20.8 Å². The first-order valence-electron chi connectivity index (χ1n) is 18.2. The molecule has 0 bridgehead atoms. The van der Waals surface area contributed by atoms with Crippen molar-refractivity contribution >= 4 is 29.9 Å². The van der Waals surface area contributed by atoms with Gasteiger partial charge in [-0.15, -0.1) is 0 Å². The molecule has 5 rings (SSSR count). The number of hydrogen-bond acceptors (Lipinski definition) is 12. The van der Waals surface area contributed by atoms with Gasteiger partial charge in [-0.25, -0.2) is 9.59 Å². The number of piperazine rings is 3. The van der Waals surface area contributed by atoms with Gasteiger partial charge in [0, 0.05) is 91.6 Å². The smallest absolute Gasteiger partial charge is 0.410 e. The molecule has 292 valence electrons. The highest BCUT2D eigenvalue weighted by atomic mass is 16.6. The molecule has 0 saturated carbocycles. The molecule has 17 nitrogen and oxygen atoms in total. The molecule has 0 atom stereocenters. The van der Waals surface area contributed by atoms with Gasteiger partial charge >= 0.3 is 12.2 Å². The first kappa shape index (κ1) is 42.2. The van der Waals surface area contributed by atoms with E-state index < -0.39 is 23.4 Å². The monoisotopic (exact) mass is 726 g/mol. The highest BCUT2D eigenvalue weighted by Gasteiger charge is 2.30. The van der Waals surface area contributed by atoms with Crippen molar-refractivity contribution in [2.45, 2.75) is 52.7 Å². The molecule has 0 unspecified atom stereocenters. The third-order valence-corrected chi connectivity index (χ3v) is 8.43. The second-order valence-electron chi connectivity index (χ2n) is 15.0. The number of nitrogens with zero attached hydrogens (tertiary/aromatic N) is 6. The normalized spacial score (nSPS) is 21.2. The Kier molecular flexibility index (Phi) is 17.1. The van der Waals surface area contributed by atoms with Crippen LogP contribution in [0.4, 0.5) is 9.59 Å². The van der Waals surface area contributed by atoms with Crippen LogP contribution in [0.3, 0.4) is 0 Å². The predicted octanol–water partition coefficient (Wildman–Crippen LogP) is -0.498. The largest absolute Gasteiger partial charge is 0.444 e. The van der Waals surface area contributed by atoms with E-state index in [0.717, 1.165) is 85.3 Å². The molecule has 5 saturated heterocycles. The van der Waals surface area contributed by atoms with Crippen molar-refractivity contribution in [1.82, 2.24) is 40.0 Å². The van der Waals surface area contributed by atoms with Crippen molar-refractivity contribution in [3.63, 3.8) is 0 Å². The minimum Gasteiger partial charge on any atom is -0.444 e. The summed E-state index contributed by atoms with van der Waals surface area (Å²) in [6, 6.07) is 0. The molecule has 5 amide bonds. The summed E-state index contributed by atoms with van der Waals surface area (Å²) in [6.45, 7) is 25.9. The van der Waals surface area contributed by atoms with E-state index in [-0.39, 0.29) is 30.8 Å². The maximum atomic E-state index is 12.2. The standard InChI is InChI=1S/C15H27N3O4.C10H19N3O2.C9H16N2O3/c1-15(2,3)22-14(20)18-7-6-17(13(19)12-18)5-4-16-8-10-21-11-9-16;14-10-9-11-1-2-13(10)4-3-12-5-7-15-8-6-12;1-9(2,3)14-8(13)11-5-4-10-7(12)6-11/h4-12H2,1-3H3;11H,1-9H2;4-6H2,1-3H3,(H,10,12). The summed E-state index contributed by atoms with van der Waals surface area (Å²) in [5, 5.41) is 5.72. The molecule has 51 heavy (non-hydrogen) atoms. The van der Waals surface area contributed by atoms with Crippen LogP contribution in [0.1, 0.15) is 41.5 Å². The van der Waals surface area contributed by atoms with Gasteiger partial charge in [-0.3, -0.25) is 34.0 Å². The summed E-state index contributed by atoms with van der Waals surface area (Å²) in [7, 11) is 0. The molecule has 0 radical (unpaired) electrons. The van der Waals surface area contributed by atoms with Gasteiger partial charge < -0.3 is 39.4 Å². The molecule has 0 aliphatic carbocycles. The molecule has 5 fully saturated rings.